The number of nitrogens with one attached hydrogen (secondary N) is 1. The highest BCUT2D eigenvalue weighted by Gasteiger charge is 2.23. The van der Waals surface area contributed by atoms with E-state index in [0.29, 0.717) is 11.4 Å². The maximum Gasteiger partial charge on any atom is 0.342 e. The Kier molecular flexibility index (Phi) is 6.60. The third-order valence-electron chi connectivity index (χ3n) is 3.73. The maximum absolute atomic E-state index is 12.4. The molecule has 10 heteroatoms. The summed E-state index contributed by atoms with van der Waals surface area (Å²) in [5.74, 6) is -0.792. The van der Waals surface area contributed by atoms with E-state index in [4.69, 9.17) is 19.3 Å². The van der Waals surface area contributed by atoms with Crippen LogP contribution in [0.25, 0.3) is 0 Å². The van der Waals surface area contributed by atoms with Crippen LogP contribution in [0.5, 0.6) is 11.5 Å². The van der Waals surface area contributed by atoms with E-state index in [2.05, 4.69) is 5.32 Å². The number of rotatable bonds is 7. The molecule has 0 bridgehead atoms. The van der Waals surface area contributed by atoms with E-state index >= 15 is 0 Å². The molecule has 0 saturated heterocycles. The van der Waals surface area contributed by atoms with Crippen molar-refractivity contribution in [2.24, 2.45) is 5.14 Å². The van der Waals surface area contributed by atoms with Crippen LogP contribution in [0.4, 0.5) is 5.69 Å². The normalized spacial score (nSPS) is 12.0. The van der Waals surface area contributed by atoms with Crippen molar-refractivity contribution in [2.45, 2.75) is 17.9 Å². The topological polar surface area (TPSA) is 134 Å². The van der Waals surface area contributed by atoms with Crippen LogP contribution in [-0.2, 0) is 19.6 Å². The molecular weight excluding hydrogens is 388 g/mol. The number of hydrogen-bond acceptors (Lipinski definition) is 7. The van der Waals surface area contributed by atoms with Crippen LogP contribution in [0.15, 0.2) is 47.4 Å². The number of sulfonamides is 1. The quantitative estimate of drug-likeness (QED) is 0.664. The number of ether oxygens (including phenoxy) is 3. The monoisotopic (exact) mass is 408 g/mol. The molecule has 0 heterocycles. The molecule has 3 N–H and O–H groups in total. The summed E-state index contributed by atoms with van der Waals surface area (Å²) in [6, 6.07) is 10.1. The second kappa shape index (κ2) is 8.72. The molecule has 0 spiro atoms. The lowest BCUT2D eigenvalue weighted by atomic mass is 10.2. The van der Waals surface area contributed by atoms with Gasteiger partial charge in [0.15, 0.2) is 6.10 Å². The zero-order valence-electron chi connectivity index (χ0n) is 15.5. The molecule has 0 aromatic heterocycles. The van der Waals surface area contributed by atoms with Gasteiger partial charge in [0, 0.05) is 5.69 Å². The maximum atomic E-state index is 12.4. The van der Waals surface area contributed by atoms with Crippen LogP contribution >= 0.6 is 0 Å². The lowest BCUT2D eigenvalue weighted by Crippen LogP contribution is -2.30. The Bertz CT molecular complexity index is 972. The van der Waals surface area contributed by atoms with Crippen LogP contribution in [-0.4, -0.2) is 40.6 Å². The third kappa shape index (κ3) is 5.21. The Labute approximate surface area is 162 Å². The van der Waals surface area contributed by atoms with Crippen LogP contribution in [0.3, 0.4) is 0 Å². The highest BCUT2D eigenvalue weighted by atomic mass is 32.2. The summed E-state index contributed by atoms with van der Waals surface area (Å²) in [6.07, 6.45) is -1.16. The zero-order chi connectivity index (χ0) is 20.9. The molecule has 0 radical (unpaired) electrons. The van der Waals surface area contributed by atoms with Gasteiger partial charge in [-0.3, -0.25) is 4.79 Å². The standard InChI is InChI=1S/C18H20N2O7S/c1-11(17(21)20-12-4-6-13(25-2)7-5-12)27-18(22)15-10-14(28(19,23)24)8-9-16(15)26-3/h4-11H,1-3H3,(H,20,21)(H2,19,23,24)/t11-/m1/s1. The third-order valence-corrected chi connectivity index (χ3v) is 4.64. The van der Waals surface area contributed by atoms with E-state index < -0.39 is 28.0 Å². The SMILES string of the molecule is COc1ccc(NC(=O)[C@@H](C)OC(=O)c2cc(S(N)(=O)=O)ccc2OC)cc1. The van der Waals surface area contributed by atoms with Crippen LogP contribution in [0.1, 0.15) is 17.3 Å². The molecule has 0 saturated carbocycles. The van der Waals surface area contributed by atoms with Crippen molar-refractivity contribution in [2.75, 3.05) is 19.5 Å². The molecular formula is C18H20N2O7S. The summed E-state index contributed by atoms with van der Waals surface area (Å²) in [6.45, 7) is 1.38. The number of carbonyl (C=O) groups excluding carboxylic acids is 2. The lowest BCUT2D eigenvalue weighted by molar-refractivity contribution is -0.123. The second-order valence-electron chi connectivity index (χ2n) is 5.67. The minimum Gasteiger partial charge on any atom is -0.497 e. The molecule has 0 aliphatic carbocycles. The van der Waals surface area contributed by atoms with Gasteiger partial charge in [0.2, 0.25) is 10.0 Å². The number of nitrogens with two attached hydrogens (primary N) is 1. The van der Waals surface area contributed by atoms with Crippen molar-refractivity contribution in [1.29, 1.82) is 0 Å². The Morgan fingerprint density at radius 1 is 1.04 bits per heavy atom. The molecule has 1 atom stereocenters. The molecule has 0 unspecified atom stereocenters. The summed E-state index contributed by atoms with van der Waals surface area (Å²) in [4.78, 5) is 24.4. The fraction of sp³-hybridized carbons (Fsp3) is 0.222. The summed E-state index contributed by atoms with van der Waals surface area (Å²) in [7, 11) is -1.20. The largest absolute Gasteiger partial charge is 0.497 e. The summed E-state index contributed by atoms with van der Waals surface area (Å²) >= 11 is 0. The van der Waals surface area contributed by atoms with E-state index in [9.17, 15) is 18.0 Å². The highest BCUT2D eigenvalue weighted by Crippen LogP contribution is 2.23. The number of anilines is 1. The van der Waals surface area contributed by atoms with E-state index in [1.807, 2.05) is 0 Å². The van der Waals surface area contributed by atoms with Gasteiger partial charge >= 0.3 is 5.97 Å². The number of amides is 1. The van der Waals surface area contributed by atoms with Crippen molar-refractivity contribution in [1.82, 2.24) is 0 Å². The van der Waals surface area contributed by atoms with Crippen molar-refractivity contribution in [3.05, 3.63) is 48.0 Å². The van der Waals surface area contributed by atoms with Gasteiger partial charge in [-0.15, -0.1) is 0 Å². The van der Waals surface area contributed by atoms with E-state index in [1.165, 1.54) is 33.3 Å². The molecule has 2 aromatic rings. The van der Waals surface area contributed by atoms with E-state index in [0.717, 1.165) is 6.07 Å². The number of esters is 1. The summed E-state index contributed by atoms with van der Waals surface area (Å²) in [5.41, 5.74) is 0.320. The fourth-order valence-electron chi connectivity index (χ4n) is 2.22. The lowest BCUT2D eigenvalue weighted by Gasteiger charge is -2.15. The van der Waals surface area contributed by atoms with Gasteiger partial charge in [0.05, 0.1) is 19.1 Å². The smallest absolute Gasteiger partial charge is 0.342 e. The first kappa shape index (κ1) is 21.2. The predicted molar refractivity (Wildman–Crippen MR) is 101 cm³/mol. The number of benzene rings is 2. The van der Waals surface area contributed by atoms with Crippen molar-refractivity contribution in [3.8, 4) is 11.5 Å². The molecule has 0 aliphatic heterocycles. The summed E-state index contributed by atoms with van der Waals surface area (Å²) < 4.78 is 38.2. The molecule has 1 amide bonds. The average Bonchev–Trinajstić information content (AvgIpc) is 2.67. The Morgan fingerprint density at radius 2 is 1.68 bits per heavy atom. The van der Waals surface area contributed by atoms with Gasteiger partial charge in [-0.2, -0.15) is 0 Å². The number of methoxy groups -OCH3 is 2. The number of carbonyl (C=O) groups is 2. The van der Waals surface area contributed by atoms with E-state index in [-0.39, 0.29) is 16.2 Å². The van der Waals surface area contributed by atoms with Gasteiger partial charge in [-0.25, -0.2) is 18.4 Å². The van der Waals surface area contributed by atoms with Gasteiger partial charge in [0.1, 0.15) is 17.1 Å². The van der Waals surface area contributed by atoms with E-state index in [1.54, 1.807) is 24.3 Å². The minimum atomic E-state index is -4.03. The average molecular weight is 408 g/mol. The first-order valence-corrected chi connectivity index (χ1v) is 9.57. The molecule has 2 aromatic carbocycles. The second-order valence-corrected chi connectivity index (χ2v) is 7.23. The molecule has 0 fully saturated rings. The number of primary sulfonamides is 1. The fourth-order valence-corrected chi connectivity index (χ4v) is 2.76. The van der Waals surface area contributed by atoms with Crippen LogP contribution in [0.2, 0.25) is 0 Å². The Morgan fingerprint density at radius 3 is 2.21 bits per heavy atom. The van der Waals surface area contributed by atoms with Gasteiger partial charge in [0.25, 0.3) is 5.91 Å². The molecule has 0 aliphatic rings. The van der Waals surface area contributed by atoms with Crippen molar-refractivity contribution in [3.63, 3.8) is 0 Å². The van der Waals surface area contributed by atoms with Crippen molar-refractivity contribution >= 4 is 27.6 Å². The molecule has 150 valence electrons. The van der Waals surface area contributed by atoms with Gasteiger partial charge < -0.3 is 19.5 Å². The molecule has 2 rings (SSSR count). The van der Waals surface area contributed by atoms with Crippen LogP contribution in [0, 0.1) is 0 Å². The predicted octanol–water partition coefficient (Wildman–Crippen LogP) is 1.54. The van der Waals surface area contributed by atoms with Gasteiger partial charge in [-0.05, 0) is 49.4 Å². The van der Waals surface area contributed by atoms with Gasteiger partial charge in [-0.1, -0.05) is 0 Å². The first-order valence-electron chi connectivity index (χ1n) is 8.02. The first-order chi connectivity index (χ1) is 13.2. The van der Waals surface area contributed by atoms with Crippen molar-refractivity contribution < 1.29 is 32.2 Å². The Balaban J connectivity index is 2.13. The highest BCUT2D eigenvalue weighted by molar-refractivity contribution is 7.89. The van der Waals surface area contributed by atoms with Crippen LogP contribution < -0.4 is 19.9 Å². The molecule has 9 nitrogen and oxygen atoms in total. The summed E-state index contributed by atoms with van der Waals surface area (Å²) in [5, 5.41) is 7.67. The molecule has 28 heavy (non-hydrogen) atoms. The minimum absolute atomic E-state index is 0.0835. The number of hydrogen-bond donors (Lipinski definition) is 2. The Hall–Kier alpha value is -3.11. The zero-order valence-corrected chi connectivity index (χ0v) is 16.3.